The maximum absolute atomic E-state index is 13.4. The number of sulfonamides is 1. The molecule has 2 fully saturated rings. The third-order valence-electron chi connectivity index (χ3n) is 6.08. The Labute approximate surface area is 189 Å². The van der Waals surface area contributed by atoms with Crippen molar-refractivity contribution in [1.29, 1.82) is 0 Å². The summed E-state index contributed by atoms with van der Waals surface area (Å²) in [6.07, 6.45) is 4.66. The van der Waals surface area contributed by atoms with Crippen molar-refractivity contribution >= 4 is 21.8 Å². The van der Waals surface area contributed by atoms with Crippen LogP contribution in [0.15, 0.2) is 53.4 Å². The summed E-state index contributed by atoms with van der Waals surface area (Å²) in [5, 5.41) is 2.59. The van der Waals surface area contributed by atoms with E-state index >= 15 is 0 Å². The third kappa shape index (κ3) is 4.86. The lowest BCUT2D eigenvalue weighted by Crippen LogP contribution is -2.36. The quantitative estimate of drug-likeness (QED) is 0.695. The summed E-state index contributed by atoms with van der Waals surface area (Å²) >= 11 is 0. The highest BCUT2D eigenvalue weighted by Crippen LogP contribution is 2.30. The summed E-state index contributed by atoms with van der Waals surface area (Å²) < 4.78 is 27.6. The molecule has 4 rings (SSSR count). The normalized spacial score (nSPS) is 17.0. The summed E-state index contributed by atoms with van der Waals surface area (Å²) in [6.45, 7) is 1.47. The second-order valence-corrected chi connectivity index (χ2v) is 10.4. The highest BCUT2D eigenvalue weighted by molar-refractivity contribution is 7.89. The molecule has 0 radical (unpaired) electrons. The van der Waals surface area contributed by atoms with E-state index in [4.69, 9.17) is 0 Å². The van der Waals surface area contributed by atoms with Crippen LogP contribution in [0.2, 0.25) is 0 Å². The molecule has 2 aromatic rings. The molecule has 0 spiro atoms. The molecule has 0 atom stereocenters. The monoisotopic (exact) mass is 455 g/mol. The SMILES string of the molecule is CNC(=O)c1ccc(CN(C(=O)c2cccc(S(=O)(=O)N3CCCCC3)c2)C2CC2)cc1. The van der Waals surface area contributed by atoms with Crippen LogP contribution in [-0.2, 0) is 16.6 Å². The fourth-order valence-corrected chi connectivity index (χ4v) is 5.63. The Balaban J connectivity index is 1.54. The van der Waals surface area contributed by atoms with Gasteiger partial charge in [0.05, 0.1) is 4.90 Å². The number of nitrogens with zero attached hydrogens (tertiary/aromatic N) is 2. The lowest BCUT2D eigenvalue weighted by atomic mass is 10.1. The Kier molecular flexibility index (Phi) is 6.62. The molecule has 8 heteroatoms. The van der Waals surface area contributed by atoms with Gasteiger partial charge in [0.25, 0.3) is 11.8 Å². The van der Waals surface area contributed by atoms with Gasteiger partial charge in [-0.05, 0) is 61.6 Å². The second kappa shape index (κ2) is 9.42. The van der Waals surface area contributed by atoms with Gasteiger partial charge in [0, 0.05) is 43.9 Å². The van der Waals surface area contributed by atoms with Crippen molar-refractivity contribution in [2.75, 3.05) is 20.1 Å². The Hall–Kier alpha value is -2.71. The predicted molar refractivity (Wildman–Crippen MR) is 122 cm³/mol. The van der Waals surface area contributed by atoms with Crippen molar-refractivity contribution in [3.63, 3.8) is 0 Å². The molecule has 1 saturated heterocycles. The van der Waals surface area contributed by atoms with Crippen LogP contribution in [-0.4, -0.2) is 55.6 Å². The zero-order valence-electron chi connectivity index (χ0n) is 18.3. The number of rotatable bonds is 7. The Morgan fingerprint density at radius 1 is 1.00 bits per heavy atom. The van der Waals surface area contributed by atoms with E-state index in [0.29, 0.717) is 30.8 Å². The van der Waals surface area contributed by atoms with Gasteiger partial charge in [-0.15, -0.1) is 0 Å². The molecule has 2 aromatic carbocycles. The molecule has 0 aromatic heterocycles. The number of benzene rings is 2. The van der Waals surface area contributed by atoms with Gasteiger partial charge in [0.2, 0.25) is 10.0 Å². The van der Waals surface area contributed by atoms with Crippen LogP contribution in [0, 0.1) is 0 Å². The Morgan fingerprint density at radius 3 is 2.31 bits per heavy atom. The van der Waals surface area contributed by atoms with E-state index in [-0.39, 0.29) is 22.8 Å². The second-order valence-electron chi connectivity index (χ2n) is 8.43. The first kappa shape index (κ1) is 22.5. The van der Waals surface area contributed by atoms with Crippen LogP contribution in [0.3, 0.4) is 0 Å². The molecule has 1 heterocycles. The topological polar surface area (TPSA) is 86.8 Å². The zero-order valence-corrected chi connectivity index (χ0v) is 19.1. The van der Waals surface area contributed by atoms with Gasteiger partial charge in [-0.1, -0.05) is 24.6 Å². The van der Waals surface area contributed by atoms with E-state index < -0.39 is 10.0 Å². The summed E-state index contributed by atoms with van der Waals surface area (Å²) in [4.78, 5) is 27.1. The van der Waals surface area contributed by atoms with Crippen LogP contribution in [0.25, 0.3) is 0 Å². The standard InChI is InChI=1S/C24H29N3O4S/c1-25-23(28)19-10-8-18(9-11-19)17-27(21-12-13-21)24(29)20-6-5-7-22(16-20)32(30,31)26-14-3-2-4-15-26/h5-11,16,21H,2-4,12-15,17H2,1H3,(H,25,28). The van der Waals surface area contributed by atoms with Gasteiger partial charge in [0.1, 0.15) is 0 Å². The van der Waals surface area contributed by atoms with Crippen molar-refractivity contribution in [1.82, 2.24) is 14.5 Å². The van der Waals surface area contributed by atoms with Gasteiger partial charge in [-0.2, -0.15) is 4.31 Å². The van der Waals surface area contributed by atoms with Gasteiger partial charge in [-0.25, -0.2) is 8.42 Å². The average molecular weight is 456 g/mol. The van der Waals surface area contributed by atoms with E-state index in [0.717, 1.165) is 37.7 Å². The van der Waals surface area contributed by atoms with E-state index in [1.807, 2.05) is 17.0 Å². The maximum atomic E-state index is 13.4. The maximum Gasteiger partial charge on any atom is 0.254 e. The van der Waals surface area contributed by atoms with E-state index in [2.05, 4.69) is 5.32 Å². The minimum Gasteiger partial charge on any atom is -0.355 e. The molecule has 2 aliphatic rings. The van der Waals surface area contributed by atoms with Crippen molar-refractivity contribution in [2.45, 2.75) is 49.6 Å². The van der Waals surface area contributed by atoms with Gasteiger partial charge >= 0.3 is 0 Å². The van der Waals surface area contributed by atoms with Crippen molar-refractivity contribution in [3.8, 4) is 0 Å². The highest BCUT2D eigenvalue weighted by atomic mass is 32.2. The number of piperidine rings is 1. The number of hydrogen-bond acceptors (Lipinski definition) is 4. The number of nitrogens with one attached hydrogen (secondary N) is 1. The first-order valence-electron chi connectivity index (χ1n) is 11.1. The number of hydrogen-bond donors (Lipinski definition) is 1. The number of carbonyl (C=O) groups excluding carboxylic acids is 2. The molecule has 0 bridgehead atoms. The Bertz CT molecular complexity index is 1090. The lowest BCUT2D eigenvalue weighted by molar-refractivity contribution is 0.0729. The fourth-order valence-electron chi connectivity index (χ4n) is 4.07. The largest absolute Gasteiger partial charge is 0.355 e. The molecule has 2 amide bonds. The average Bonchev–Trinajstić information content (AvgIpc) is 3.68. The van der Waals surface area contributed by atoms with E-state index in [1.165, 1.54) is 10.4 Å². The molecular formula is C24H29N3O4S. The van der Waals surface area contributed by atoms with Crippen molar-refractivity contribution in [2.24, 2.45) is 0 Å². The molecule has 1 N–H and O–H groups in total. The highest BCUT2D eigenvalue weighted by Gasteiger charge is 2.34. The van der Waals surface area contributed by atoms with Crippen LogP contribution in [0.5, 0.6) is 0 Å². The minimum atomic E-state index is -3.60. The summed E-state index contributed by atoms with van der Waals surface area (Å²) in [5.41, 5.74) is 1.88. The van der Waals surface area contributed by atoms with Crippen molar-refractivity contribution in [3.05, 3.63) is 65.2 Å². The Morgan fingerprint density at radius 2 is 1.69 bits per heavy atom. The summed E-state index contributed by atoms with van der Waals surface area (Å²) in [6, 6.07) is 13.8. The third-order valence-corrected chi connectivity index (χ3v) is 7.97. The molecule has 32 heavy (non-hydrogen) atoms. The van der Waals surface area contributed by atoms with Gasteiger partial charge in [-0.3, -0.25) is 9.59 Å². The molecule has 0 unspecified atom stereocenters. The van der Waals surface area contributed by atoms with Crippen molar-refractivity contribution < 1.29 is 18.0 Å². The number of carbonyl (C=O) groups is 2. The van der Waals surface area contributed by atoms with Gasteiger partial charge < -0.3 is 10.2 Å². The molecule has 1 saturated carbocycles. The summed E-state index contributed by atoms with van der Waals surface area (Å²) in [5.74, 6) is -0.322. The molecule has 170 valence electrons. The first-order valence-corrected chi connectivity index (χ1v) is 12.6. The van der Waals surface area contributed by atoms with Crippen LogP contribution < -0.4 is 5.32 Å². The zero-order chi connectivity index (χ0) is 22.7. The smallest absolute Gasteiger partial charge is 0.254 e. The molecule has 1 aliphatic heterocycles. The molecule has 1 aliphatic carbocycles. The number of amides is 2. The van der Waals surface area contributed by atoms with Crippen LogP contribution in [0.1, 0.15) is 58.4 Å². The molecular weight excluding hydrogens is 426 g/mol. The van der Waals surface area contributed by atoms with Gasteiger partial charge in [0.15, 0.2) is 0 Å². The van der Waals surface area contributed by atoms with E-state index in [1.54, 1.807) is 37.4 Å². The predicted octanol–water partition coefficient (Wildman–Crippen LogP) is 3.03. The summed E-state index contributed by atoms with van der Waals surface area (Å²) in [7, 11) is -2.01. The van der Waals surface area contributed by atoms with E-state index in [9.17, 15) is 18.0 Å². The van der Waals surface area contributed by atoms with Crippen LogP contribution >= 0.6 is 0 Å². The first-order chi connectivity index (χ1) is 15.4. The minimum absolute atomic E-state index is 0.154. The lowest BCUT2D eigenvalue weighted by Gasteiger charge is -2.26. The van der Waals surface area contributed by atoms with Crippen LogP contribution in [0.4, 0.5) is 0 Å². The fraction of sp³-hybridized carbons (Fsp3) is 0.417. The molecule has 7 nitrogen and oxygen atoms in total.